The second kappa shape index (κ2) is 11.8. The zero-order chi connectivity index (χ0) is 25.7. The molecule has 2 N–H and O–H groups in total. The first kappa shape index (κ1) is 26.9. The van der Waals surface area contributed by atoms with Crippen molar-refractivity contribution in [3.63, 3.8) is 0 Å². The van der Waals surface area contributed by atoms with Crippen LogP contribution in [-0.2, 0) is 19.1 Å². The molecule has 7 nitrogen and oxygen atoms in total. The fraction of sp³-hybridized carbons (Fsp3) is 0.346. The van der Waals surface area contributed by atoms with Crippen molar-refractivity contribution in [3.8, 4) is 0 Å². The molecule has 0 aromatic heterocycles. The number of hydrogen-bond donors (Lipinski definition) is 1. The molecule has 1 saturated heterocycles. The zero-order valence-corrected chi connectivity index (χ0v) is 21.2. The van der Waals surface area contributed by atoms with Gasteiger partial charge in [-0.3, -0.25) is 14.4 Å². The molecule has 3 rings (SSSR count). The summed E-state index contributed by atoms with van der Waals surface area (Å²) in [4.78, 5) is 40.7. The number of amides is 3. The summed E-state index contributed by atoms with van der Waals surface area (Å²) in [6.07, 6.45) is 1.18. The summed E-state index contributed by atoms with van der Waals surface area (Å²) < 4.78 is 6.35. The third kappa shape index (κ3) is 5.93. The summed E-state index contributed by atoms with van der Waals surface area (Å²) in [5, 5.41) is 1.60. The molecule has 0 aliphatic carbocycles. The first-order valence-electron chi connectivity index (χ1n) is 11.4. The van der Waals surface area contributed by atoms with E-state index in [2.05, 4.69) is 6.58 Å². The lowest BCUT2D eigenvalue weighted by atomic mass is 9.89. The molecule has 9 heteroatoms. The Morgan fingerprint density at radius 1 is 1.17 bits per heavy atom. The van der Waals surface area contributed by atoms with Crippen molar-refractivity contribution in [1.82, 2.24) is 9.91 Å². The van der Waals surface area contributed by atoms with Gasteiger partial charge in [-0.1, -0.05) is 66.9 Å². The second-order valence-electron chi connectivity index (χ2n) is 8.40. The number of imide groups is 1. The summed E-state index contributed by atoms with van der Waals surface area (Å²) >= 11 is 12.4. The van der Waals surface area contributed by atoms with Crippen LogP contribution in [0.3, 0.4) is 0 Å². The summed E-state index contributed by atoms with van der Waals surface area (Å²) in [6, 6.07) is 12.5. The van der Waals surface area contributed by atoms with Crippen LogP contribution in [0.15, 0.2) is 61.2 Å². The summed E-state index contributed by atoms with van der Waals surface area (Å²) in [7, 11) is 0. The molecular formula is C26H29Cl2N3O4. The van der Waals surface area contributed by atoms with E-state index in [0.29, 0.717) is 33.5 Å². The maximum atomic E-state index is 13.8. The van der Waals surface area contributed by atoms with Crippen LogP contribution in [0, 0.1) is 0 Å². The fourth-order valence-electron chi connectivity index (χ4n) is 4.32. The smallest absolute Gasteiger partial charge is 0.266 e. The zero-order valence-electron chi connectivity index (χ0n) is 19.7. The molecule has 1 fully saturated rings. The van der Waals surface area contributed by atoms with Crippen LogP contribution in [0.1, 0.15) is 56.4 Å². The van der Waals surface area contributed by atoms with Crippen molar-refractivity contribution in [3.05, 3.63) is 82.4 Å². The van der Waals surface area contributed by atoms with E-state index in [0.717, 1.165) is 5.56 Å². The summed E-state index contributed by atoms with van der Waals surface area (Å²) in [5.74, 6) is 4.16. The minimum absolute atomic E-state index is 0.242. The lowest BCUT2D eigenvalue weighted by Crippen LogP contribution is -2.60. The van der Waals surface area contributed by atoms with Gasteiger partial charge in [-0.05, 0) is 41.8 Å². The number of carbonyl (C=O) groups is 3. The predicted molar refractivity (Wildman–Crippen MR) is 135 cm³/mol. The predicted octanol–water partition coefficient (Wildman–Crippen LogP) is 5.00. The van der Waals surface area contributed by atoms with E-state index >= 15 is 0 Å². The molecule has 1 aliphatic heterocycles. The number of hydrogen-bond acceptors (Lipinski definition) is 5. The van der Waals surface area contributed by atoms with Crippen LogP contribution in [-0.4, -0.2) is 39.8 Å². The molecule has 1 aliphatic rings. The van der Waals surface area contributed by atoms with E-state index in [1.807, 2.05) is 13.0 Å². The van der Waals surface area contributed by atoms with Gasteiger partial charge in [0.1, 0.15) is 18.2 Å². The standard InChI is InChI=1S/C26H29Cl2N3O4/c1-4-7-21(25(33)31(29)16(3)32)30-23(17-11-13-19(27)14-12-17)24(18-9-6-10-20(28)15-18)35-22(8-5-2)26(30)34/h5-6,9-15,21-24H,2,4,7-8,29H2,1,3H3/t21-,22+,23-,24+/m0/s1. The number of rotatable bonds is 8. The van der Waals surface area contributed by atoms with Gasteiger partial charge in [-0.25, -0.2) is 10.9 Å². The van der Waals surface area contributed by atoms with Gasteiger partial charge in [0.25, 0.3) is 11.8 Å². The summed E-state index contributed by atoms with van der Waals surface area (Å²) in [6.45, 7) is 6.85. The number of nitrogens with zero attached hydrogens (tertiary/aromatic N) is 2. The Morgan fingerprint density at radius 3 is 2.43 bits per heavy atom. The van der Waals surface area contributed by atoms with Gasteiger partial charge in [0.15, 0.2) is 0 Å². The Labute approximate surface area is 215 Å². The van der Waals surface area contributed by atoms with Gasteiger partial charge in [0, 0.05) is 23.4 Å². The molecule has 3 amide bonds. The molecule has 0 bridgehead atoms. The Kier molecular flexibility index (Phi) is 9.08. The van der Waals surface area contributed by atoms with Crippen molar-refractivity contribution >= 4 is 40.9 Å². The van der Waals surface area contributed by atoms with Crippen molar-refractivity contribution in [2.45, 2.75) is 57.4 Å². The maximum Gasteiger partial charge on any atom is 0.266 e. The molecule has 1 heterocycles. The van der Waals surface area contributed by atoms with Gasteiger partial charge in [0.2, 0.25) is 5.91 Å². The first-order chi connectivity index (χ1) is 16.7. The average molecular weight is 518 g/mol. The highest BCUT2D eigenvalue weighted by Crippen LogP contribution is 2.45. The minimum atomic E-state index is -0.986. The molecule has 0 radical (unpaired) electrons. The van der Waals surface area contributed by atoms with Crippen LogP contribution >= 0.6 is 23.2 Å². The van der Waals surface area contributed by atoms with E-state index in [9.17, 15) is 14.4 Å². The van der Waals surface area contributed by atoms with Crippen molar-refractivity contribution in [2.75, 3.05) is 0 Å². The van der Waals surface area contributed by atoms with Crippen molar-refractivity contribution in [2.24, 2.45) is 5.84 Å². The average Bonchev–Trinajstić information content (AvgIpc) is 2.83. The number of morpholine rings is 1. The lowest BCUT2D eigenvalue weighted by Gasteiger charge is -2.48. The van der Waals surface area contributed by atoms with Gasteiger partial charge in [-0.15, -0.1) is 6.58 Å². The van der Waals surface area contributed by atoms with Crippen LogP contribution in [0.4, 0.5) is 0 Å². The van der Waals surface area contributed by atoms with Crippen molar-refractivity contribution < 1.29 is 19.1 Å². The molecule has 2 aromatic carbocycles. The Hall–Kier alpha value is -2.71. The number of benzene rings is 2. The van der Waals surface area contributed by atoms with E-state index in [1.54, 1.807) is 48.5 Å². The largest absolute Gasteiger partial charge is 0.358 e. The van der Waals surface area contributed by atoms with Crippen LogP contribution < -0.4 is 5.84 Å². The topological polar surface area (TPSA) is 92.9 Å². The third-order valence-corrected chi connectivity index (χ3v) is 6.44. The van der Waals surface area contributed by atoms with E-state index in [-0.39, 0.29) is 12.3 Å². The maximum absolute atomic E-state index is 13.8. The van der Waals surface area contributed by atoms with Crippen molar-refractivity contribution in [1.29, 1.82) is 0 Å². The van der Waals surface area contributed by atoms with Crippen LogP contribution in [0.5, 0.6) is 0 Å². The Morgan fingerprint density at radius 2 is 1.86 bits per heavy atom. The van der Waals surface area contributed by atoms with Gasteiger partial charge < -0.3 is 9.64 Å². The SMILES string of the molecule is C=CC[C@H]1O[C@H](c2cccc(Cl)c2)[C@H](c2ccc(Cl)cc2)N([C@@H](CCC)C(=O)N(N)C(C)=O)C1=O. The molecule has 35 heavy (non-hydrogen) atoms. The van der Waals surface area contributed by atoms with Crippen LogP contribution in [0.2, 0.25) is 10.0 Å². The molecule has 0 unspecified atom stereocenters. The normalized spacial score (nSPS) is 20.9. The quantitative estimate of drug-likeness (QED) is 0.230. The van der Waals surface area contributed by atoms with E-state index < -0.39 is 36.1 Å². The van der Waals surface area contributed by atoms with Gasteiger partial charge in [-0.2, -0.15) is 0 Å². The molecule has 2 aromatic rings. The number of nitrogens with two attached hydrogens (primary N) is 1. The Balaban J connectivity index is 2.23. The van der Waals surface area contributed by atoms with E-state index in [1.165, 1.54) is 11.8 Å². The van der Waals surface area contributed by atoms with Gasteiger partial charge in [0.05, 0.1) is 6.04 Å². The molecule has 4 atom stereocenters. The summed E-state index contributed by atoms with van der Waals surface area (Å²) in [5.41, 5.74) is 1.45. The number of ether oxygens (including phenoxy) is 1. The molecular weight excluding hydrogens is 489 g/mol. The number of halogens is 2. The van der Waals surface area contributed by atoms with Gasteiger partial charge >= 0.3 is 0 Å². The monoisotopic (exact) mass is 517 g/mol. The second-order valence-corrected chi connectivity index (χ2v) is 9.27. The molecule has 0 saturated carbocycles. The Bertz CT molecular complexity index is 1090. The molecule has 0 spiro atoms. The highest BCUT2D eigenvalue weighted by atomic mass is 35.5. The first-order valence-corrected chi connectivity index (χ1v) is 12.1. The highest BCUT2D eigenvalue weighted by Gasteiger charge is 2.48. The number of hydrazine groups is 1. The van der Waals surface area contributed by atoms with Crippen LogP contribution in [0.25, 0.3) is 0 Å². The lowest BCUT2D eigenvalue weighted by molar-refractivity contribution is -0.183. The highest BCUT2D eigenvalue weighted by molar-refractivity contribution is 6.30. The minimum Gasteiger partial charge on any atom is -0.358 e. The third-order valence-electron chi connectivity index (χ3n) is 5.96. The number of carbonyl (C=O) groups excluding carboxylic acids is 3. The fourth-order valence-corrected chi connectivity index (χ4v) is 4.65. The molecule has 186 valence electrons. The van der Waals surface area contributed by atoms with E-state index in [4.69, 9.17) is 33.8 Å².